The quantitative estimate of drug-likeness (QED) is 0.915. The lowest BCUT2D eigenvalue weighted by Gasteiger charge is -2.34. The van der Waals surface area contributed by atoms with E-state index in [2.05, 4.69) is 65.4 Å². The molecule has 1 heterocycles. The van der Waals surface area contributed by atoms with Crippen LogP contribution in [0.15, 0.2) is 54.6 Å². The lowest BCUT2D eigenvalue weighted by molar-refractivity contribution is 0.0300. The predicted molar refractivity (Wildman–Crippen MR) is 100 cm³/mol. The lowest BCUT2D eigenvalue weighted by Crippen LogP contribution is -2.45. The van der Waals surface area contributed by atoms with Gasteiger partial charge in [-0.15, -0.1) is 0 Å². The molecule has 24 heavy (non-hydrogen) atoms. The summed E-state index contributed by atoms with van der Waals surface area (Å²) in [5, 5.41) is 10.9. The van der Waals surface area contributed by atoms with E-state index in [1.807, 2.05) is 13.0 Å². The third-order valence-electron chi connectivity index (χ3n) is 5.12. The second-order valence-electron chi connectivity index (χ2n) is 7.11. The number of aliphatic hydroxyl groups is 1. The van der Waals surface area contributed by atoms with Crippen LogP contribution in [0.1, 0.15) is 18.9 Å². The first kappa shape index (κ1) is 17.2. The highest BCUT2D eigenvalue weighted by Gasteiger charge is 2.24. The summed E-state index contributed by atoms with van der Waals surface area (Å²) in [7, 11) is 2.17. The molecular weight excluding hydrogens is 296 g/mol. The van der Waals surface area contributed by atoms with Gasteiger partial charge in [0.05, 0.1) is 5.60 Å². The monoisotopic (exact) mass is 324 g/mol. The van der Waals surface area contributed by atoms with Crippen LogP contribution in [0.2, 0.25) is 0 Å². The highest BCUT2D eigenvalue weighted by molar-refractivity contribution is 5.63. The normalized spacial score (nSPS) is 19.1. The van der Waals surface area contributed by atoms with Gasteiger partial charge in [-0.25, -0.2) is 0 Å². The fourth-order valence-corrected chi connectivity index (χ4v) is 3.24. The van der Waals surface area contributed by atoms with Crippen molar-refractivity contribution >= 4 is 0 Å². The Morgan fingerprint density at radius 1 is 0.875 bits per heavy atom. The minimum atomic E-state index is -0.779. The summed E-state index contributed by atoms with van der Waals surface area (Å²) in [6.45, 7) is 7.31. The van der Waals surface area contributed by atoms with Crippen molar-refractivity contribution in [2.45, 2.75) is 18.9 Å². The summed E-state index contributed by atoms with van der Waals surface area (Å²) in [6.07, 6.45) is 0.765. The van der Waals surface area contributed by atoms with Gasteiger partial charge in [-0.3, -0.25) is 0 Å². The maximum absolute atomic E-state index is 10.9. The van der Waals surface area contributed by atoms with E-state index in [9.17, 15) is 5.11 Å². The number of nitrogens with zero attached hydrogens (tertiary/aromatic N) is 2. The van der Waals surface area contributed by atoms with E-state index >= 15 is 0 Å². The summed E-state index contributed by atoms with van der Waals surface area (Å²) >= 11 is 0. The minimum Gasteiger partial charge on any atom is -0.385 e. The van der Waals surface area contributed by atoms with Gasteiger partial charge in [0, 0.05) is 32.7 Å². The first-order chi connectivity index (χ1) is 11.5. The number of rotatable bonds is 5. The number of piperazine rings is 1. The lowest BCUT2D eigenvalue weighted by atomic mass is 9.90. The van der Waals surface area contributed by atoms with Crippen LogP contribution in [0.4, 0.5) is 0 Å². The van der Waals surface area contributed by atoms with Crippen molar-refractivity contribution in [3.8, 4) is 11.1 Å². The molecule has 1 saturated heterocycles. The third kappa shape index (κ3) is 4.23. The second kappa shape index (κ2) is 7.47. The van der Waals surface area contributed by atoms with Crippen LogP contribution >= 0.6 is 0 Å². The molecule has 1 atom stereocenters. The molecule has 0 bridgehead atoms. The molecule has 0 aliphatic carbocycles. The van der Waals surface area contributed by atoms with Crippen LogP contribution < -0.4 is 0 Å². The number of benzene rings is 2. The van der Waals surface area contributed by atoms with Gasteiger partial charge >= 0.3 is 0 Å². The highest BCUT2D eigenvalue weighted by atomic mass is 16.3. The Kier molecular flexibility index (Phi) is 5.34. The molecule has 2 aromatic rings. The van der Waals surface area contributed by atoms with Crippen molar-refractivity contribution < 1.29 is 5.11 Å². The molecular formula is C21H28N2O. The molecule has 1 N–H and O–H groups in total. The standard InChI is InChI=1S/C21H28N2O/c1-21(24,12-13-23-16-14-22(2)15-17-23)20-10-8-19(9-11-20)18-6-4-3-5-7-18/h3-11,24H,12-17H2,1-2H3. The number of likely N-dealkylation sites (N-methyl/N-ethyl adjacent to an activating group) is 1. The van der Waals surface area contributed by atoms with E-state index in [0.29, 0.717) is 0 Å². The van der Waals surface area contributed by atoms with Crippen LogP contribution in [-0.4, -0.2) is 54.7 Å². The Morgan fingerprint density at radius 2 is 1.46 bits per heavy atom. The SMILES string of the molecule is CN1CCN(CCC(C)(O)c2ccc(-c3ccccc3)cc2)CC1. The predicted octanol–water partition coefficient (Wildman–Crippen LogP) is 3.20. The van der Waals surface area contributed by atoms with Gasteiger partial charge < -0.3 is 14.9 Å². The molecule has 0 aromatic heterocycles. The Labute approximate surface area is 145 Å². The van der Waals surface area contributed by atoms with Crippen molar-refractivity contribution in [1.82, 2.24) is 9.80 Å². The van der Waals surface area contributed by atoms with Gasteiger partial charge in [-0.2, -0.15) is 0 Å². The highest BCUT2D eigenvalue weighted by Crippen LogP contribution is 2.28. The zero-order valence-electron chi connectivity index (χ0n) is 14.8. The summed E-state index contributed by atoms with van der Waals surface area (Å²) in [6, 6.07) is 18.7. The zero-order chi connectivity index (χ0) is 17.0. The maximum atomic E-state index is 10.9. The maximum Gasteiger partial charge on any atom is 0.0880 e. The molecule has 1 aliphatic heterocycles. The first-order valence-electron chi connectivity index (χ1n) is 8.84. The molecule has 1 fully saturated rings. The van der Waals surface area contributed by atoms with E-state index in [0.717, 1.165) is 44.7 Å². The van der Waals surface area contributed by atoms with E-state index in [1.165, 1.54) is 11.1 Å². The Morgan fingerprint density at radius 3 is 2.08 bits per heavy atom. The van der Waals surface area contributed by atoms with Crippen LogP contribution in [0.5, 0.6) is 0 Å². The summed E-state index contributed by atoms with van der Waals surface area (Å²) < 4.78 is 0. The zero-order valence-corrected chi connectivity index (χ0v) is 14.8. The van der Waals surface area contributed by atoms with Crippen molar-refractivity contribution in [2.75, 3.05) is 39.8 Å². The fourth-order valence-electron chi connectivity index (χ4n) is 3.24. The van der Waals surface area contributed by atoms with Crippen LogP contribution in [0.3, 0.4) is 0 Å². The molecule has 3 heteroatoms. The molecule has 0 spiro atoms. The largest absolute Gasteiger partial charge is 0.385 e. The smallest absolute Gasteiger partial charge is 0.0880 e. The molecule has 3 nitrogen and oxygen atoms in total. The van der Waals surface area contributed by atoms with Gasteiger partial charge in [0.15, 0.2) is 0 Å². The Balaban J connectivity index is 1.62. The molecule has 0 radical (unpaired) electrons. The first-order valence-corrected chi connectivity index (χ1v) is 8.84. The molecule has 3 rings (SSSR count). The van der Waals surface area contributed by atoms with Crippen LogP contribution in [-0.2, 0) is 5.60 Å². The van der Waals surface area contributed by atoms with Crippen LogP contribution in [0.25, 0.3) is 11.1 Å². The third-order valence-corrected chi connectivity index (χ3v) is 5.12. The Hall–Kier alpha value is -1.68. The average molecular weight is 324 g/mol. The molecule has 0 amide bonds. The van der Waals surface area contributed by atoms with E-state index in [-0.39, 0.29) is 0 Å². The van der Waals surface area contributed by atoms with Crippen molar-refractivity contribution in [3.63, 3.8) is 0 Å². The van der Waals surface area contributed by atoms with Gasteiger partial charge in [-0.1, -0.05) is 54.6 Å². The van der Waals surface area contributed by atoms with Gasteiger partial charge in [0.1, 0.15) is 0 Å². The van der Waals surface area contributed by atoms with E-state index in [1.54, 1.807) is 0 Å². The van der Waals surface area contributed by atoms with Crippen molar-refractivity contribution in [2.24, 2.45) is 0 Å². The summed E-state index contributed by atoms with van der Waals surface area (Å²) in [5.41, 5.74) is 2.62. The Bertz CT molecular complexity index is 629. The average Bonchev–Trinajstić information content (AvgIpc) is 2.62. The van der Waals surface area contributed by atoms with Gasteiger partial charge in [-0.05, 0) is 37.1 Å². The van der Waals surface area contributed by atoms with Gasteiger partial charge in [0.25, 0.3) is 0 Å². The molecule has 1 aliphatic rings. The molecule has 2 aromatic carbocycles. The number of hydrogen-bond acceptors (Lipinski definition) is 3. The van der Waals surface area contributed by atoms with E-state index in [4.69, 9.17) is 0 Å². The summed E-state index contributed by atoms with van der Waals surface area (Å²) in [5.74, 6) is 0. The van der Waals surface area contributed by atoms with Crippen LogP contribution in [0, 0.1) is 0 Å². The molecule has 1 unspecified atom stereocenters. The summed E-state index contributed by atoms with van der Waals surface area (Å²) in [4.78, 5) is 4.81. The van der Waals surface area contributed by atoms with Crippen molar-refractivity contribution in [1.29, 1.82) is 0 Å². The minimum absolute atomic E-state index is 0.765. The second-order valence-corrected chi connectivity index (χ2v) is 7.11. The van der Waals surface area contributed by atoms with Gasteiger partial charge in [0.2, 0.25) is 0 Å². The molecule has 0 saturated carbocycles. The topological polar surface area (TPSA) is 26.7 Å². The fraction of sp³-hybridized carbons (Fsp3) is 0.429. The van der Waals surface area contributed by atoms with Crippen molar-refractivity contribution in [3.05, 3.63) is 60.2 Å². The molecule has 128 valence electrons. The van der Waals surface area contributed by atoms with E-state index < -0.39 is 5.60 Å². The number of hydrogen-bond donors (Lipinski definition) is 1.